The zero-order chi connectivity index (χ0) is 14.4. The van der Waals surface area contributed by atoms with E-state index in [2.05, 4.69) is 78.1 Å². The SMILES string of the molecule is Cc1cnc(-c2ccc3cc4cccn4cc3c2)cc1C. The third-order valence-electron chi connectivity index (χ3n) is 4.15. The molecule has 0 atom stereocenters. The lowest BCUT2D eigenvalue weighted by atomic mass is 10.0. The van der Waals surface area contributed by atoms with Gasteiger partial charge < -0.3 is 4.40 Å². The number of nitrogens with zero attached hydrogens (tertiary/aromatic N) is 2. The summed E-state index contributed by atoms with van der Waals surface area (Å²) in [6.07, 6.45) is 6.20. The molecule has 0 N–H and O–H groups in total. The highest BCUT2D eigenvalue weighted by Gasteiger charge is 2.04. The number of hydrogen-bond acceptors (Lipinski definition) is 1. The third kappa shape index (κ3) is 2.00. The zero-order valence-corrected chi connectivity index (χ0v) is 12.2. The number of benzene rings is 1. The van der Waals surface area contributed by atoms with Crippen molar-refractivity contribution in [1.29, 1.82) is 0 Å². The van der Waals surface area contributed by atoms with Gasteiger partial charge >= 0.3 is 0 Å². The van der Waals surface area contributed by atoms with Crippen molar-refractivity contribution in [1.82, 2.24) is 9.38 Å². The van der Waals surface area contributed by atoms with Crippen LogP contribution in [0.5, 0.6) is 0 Å². The number of fused-ring (bicyclic) bond motifs is 2. The van der Waals surface area contributed by atoms with Crippen LogP contribution in [0, 0.1) is 13.8 Å². The monoisotopic (exact) mass is 272 g/mol. The summed E-state index contributed by atoms with van der Waals surface area (Å²) in [7, 11) is 0. The van der Waals surface area contributed by atoms with Crippen LogP contribution in [0.2, 0.25) is 0 Å². The average molecular weight is 272 g/mol. The van der Waals surface area contributed by atoms with Crippen molar-refractivity contribution in [3.8, 4) is 11.3 Å². The lowest BCUT2D eigenvalue weighted by Gasteiger charge is -2.07. The minimum atomic E-state index is 1.03. The maximum Gasteiger partial charge on any atom is 0.0705 e. The normalized spacial score (nSPS) is 11.3. The summed E-state index contributed by atoms with van der Waals surface area (Å²) in [6.45, 7) is 4.22. The molecule has 0 bridgehead atoms. The van der Waals surface area contributed by atoms with Crippen molar-refractivity contribution in [2.45, 2.75) is 13.8 Å². The second-order valence-electron chi connectivity index (χ2n) is 5.61. The predicted molar refractivity (Wildman–Crippen MR) is 87.6 cm³/mol. The van der Waals surface area contributed by atoms with Gasteiger partial charge in [0.1, 0.15) is 0 Å². The summed E-state index contributed by atoms with van der Waals surface area (Å²) in [4.78, 5) is 4.56. The van der Waals surface area contributed by atoms with Crippen LogP contribution in [0.15, 0.2) is 61.1 Å². The topological polar surface area (TPSA) is 17.3 Å². The first-order chi connectivity index (χ1) is 10.2. The fraction of sp³-hybridized carbons (Fsp3) is 0.105. The second-order valence-corrected chi connectivity index (χ2v) is 5.61. The molecule has 0 spiro atoms. The Morgan fingerprint density at radius 1 is 0.905 bits per heavy atom. The lowest BCUT2D eigenvalue weighted by Crippen LogP contribution is -1.89. The summed E-state index contributed by atoms with van der Waals surface area (Å²) < 4.78 is 2.15. The van der Waals surface area contributed by atoms with Gasteiger partial charge in [-0.3, -0.25) is 4.98 Å². The van der Waals surface area contributed by atoms with Crippen molar-refractivity contribution in [2.75, 3.05) is 0 Å². The van der Waals surface area contributed by atoms with Crippen LogP contribution >= 0.6 is 0 Å². The summed E-state index contributed by atoms with van der Waals surface area (Å²) in [5, 5.41) is 2.49. The Bertz CT molecular complexity index is 964. The van der Waals surface area contributed by atoms with E-state index >= 15 is 0 Å². The van der Waals surface area contributed by atoms with Gasteiger partial charge in [0, 0.05) is 29.7 Å². The summed E-state index contributed by atoms with van der Waals surface area (Å²) in [6, 6.07) is 15.1. The standard InChI is InChI=1S/C19H16N2/c1-13-8-19(20-11-14(13)2)16-6-5-15-10-18-4-3-7-21(18)12-17(15)9-16/h3-12H,1-2H3. The molecule has 102 valence electrons. The highest BCUT2D eigenvalue weighted by Crippen LogP contribution is 2.25. The molecule has 0 aliphatic carbocycles. The van der Waals surface area contributed by atoms with Crippen molar-refractivity contribution in [2.24, 2.45) is 0 Å². The van der Waals surface area contributed by atoms with Crippen molar-refractivity contribution in [3.63, 3.8) is 0 Å². The molecule has 0 amide bonds. The van der Waals surface area contributed by atoms with Gasteiger partial charge in [-0.2, -0.15) is 0 Å². The van der Waals surface area contributed by atoms with Crippen LogP contribution in [0.3, 0.4) is 0 Å². The van der Waals surface area contributed by atoms with Gasteiger partial charge in [0.25, 0.3) is 0 Å². The van der Waals surface area contributed by atoms with Gasteiger partial charge in [-0.05, 0) is 66.1 Å². The summed E-state index contributed by atoms with van der Waals surface area (Å²) in [5.74, 6) is 0. The van der Waals surface area contributed by atoms with E-state index in [1.807, 2.05) is 6.20 Å². The maximum absolute atomic E-state index is 4.56. The first-order valence-corrected chi connectivity index (χ1v) is 7.15. The fourth-order valence-corrected chi connectivity index (χ4v) is 2.72. The Morgan fingerprint density at radius 3 is 2.67 bits per heavy atom. The Morgan fingerprint density at radius 2 is 1.81 bits per heavy atom. The van der Waals surface area contributed by atoms with Gasteiger partial charge in [-0.25, -0.2) is 0 Å². The molecule has 0 radical (unpaired) electrons. The molecule has 4 aromatic rings. The molecule has 0 saturated heterocycles. The number of aromatic nitrogens is 2. The van der Waals surface area contributed by atoms with E-state index in [1.54, 1.807) is 0 Å². The highest BCUT2D eigenvalue weighted by atomic mass is 14.8. The van der Waals surface area contributed by atoms with E-state index in [9.17, 15) is 0 Å². The quantitative estimate of drug-likeness (QED) is 0.488. The molecule has 0 saturated carbocycles. The van der Waals surface area contributed by atoms with E-state index in [0.29, 0.717) is 0 Å². The Kier molecular flexibility index (Phi) is 2.58. The molecule has 0 aliphatic heterocycles. The fourth-order valence-electron chi connectivity index (χ4n) is 2.72. The van der Waals surface area contributed by atoms with E-state index in [1.165, 1.54) is 27.4 Å². The lowest BCUT2D eigenvalue weighted by molar-refractivity contribution is 1.21. The van der Waals surface area contributed by atoms with Crippen molar-refractivity contribution in [3.05, 3.63) is 72.2 Å². The minimum absolute atomic E-state index is 1.03. The molecular weight excluding hydrogens is 256 g/mol. The van der Waals surface area contributed by atoms with Crippen LogP contribution in [-0.4, -0.2) is 9.38 Å². The third-order valence-corrected chi connectivity index (χ3v) is 4.15. The number of aryl methyl sites for hydroxylation is 2. The molecule has 3 aromatic heterocycles. The maximum atomic E-state index is 4.56. The minimum Gasteiger partial charge on any atom is -0.323 e. The molecule has 0 aliphatic rings. The Balaban J connectivity index is 1.92. The molecule has 21 heavy (non-hydrogen) atoms. The Hall–Kier alpha value is -2.61. The molecule has 3 heterocycles. The molecule has 4 rings (SSSR count). The van der Waals surface area contributed by atoms with Gasteiger partial charge in [0.15, 0.2) is 0 Å². The molecule has 0 fully saturated rings. The highest BCUT2D eigenvalue weighted by molar-refractivity contribution is 5.89. The first-order valence-electron chi connectivity index (χ1n) is 7.15. The van der Waals surface area contributed by atoms with Gasteiger partial charge in [0.05, 0.1) is 5.69 Å². The number of hydrogen-bond donors (Lipinski definition) is 0. The first kappa shape index (κ1) is 12.2. The van der Waals surface area contributed by atoms with Crippen molar-refractivity contribution < 1.29 is 0 Å². The van der Waals surface area contributed by atoms with E-state index < -0.39 is 0 Å². The van der Waals surface area contributed by atoms with E-state index in [0.717, 1.165) is 11.3 Å². The van der Waals surface area contributed by atoms with Crippen LogP contribution in [-0.2, 0) is 0 Å². The molecule has 2 heteroatoms. The predicted octanol–water partition coefficient (Wildman–Crippen LogP) is 4.77. The van der Waals surface area contributed by atoms with Gasteiger partial charge in [-0.15, -0.1) is 0 Å². The second kappa shape index (κ2) is 4.45. The van der Waals surface area contributed by atoms with Crippen LogP contribution in [0.4, 0.5) is 0 Å². The van der Waals surface area contributed by atoms with Crippen molar-refractivity contribution >= 4 is 16.3 Å². The number of pyridine rings is 2. The molecular formula is C19H16N2. The van der Waals surface area contributed by atoms with Gasteiger partial charge in [-0.1, -0.05) is 12.1 Å². The zero-order valence-electron chi connectivity index (χ0n) is 12.2. The smallest absolute Gasteiger partial charge is 0.0705 e. The van der Waals surface area contributed by atoms with E-state index in [-0.39, 0.29) is 0 Å². The molecule has 0 unspecified atom stereocenters. The molecule has 1 aromatic carbocycles. The average Bonchev–Trinajstić information content (AvgIpc) is 2.94. The van der Waals surface area contributed by atoms with Crippen LogP contribution in [0.1, 0.15) is 11.1 Å². The van der Waals surface area contributed by atoms with Gasteiger partial charge in [0.2, 0.25) is 0 Å². The largest absolute Gasteiger partial charge is 0.323 e. The van der Waals surface area contributed by atoms with Crippen LogP contribution < -0.4 is 0 Å². The number of rotatable bonds is 1. The summed E-state index contributed by atoms with van der Waals surface area (Å²) >= 11 is 0. The molecule has 2 nitrogen and oxygen atoms in total. The summed E-state index contributed by atoms with van der Waals surface area (Å²) in [5.41, 5.74) is 5.93. The van der Waals surface area contributed by atoms with Crippen LogP contribution in [0.25, 0.3) is 27.5 Å². The Labute approximate surface area is 123 Å². The van der Waals surface area contributed by atoms with E-state index in [4.69, 9.17) is 0 Å².